The number of carbonyl (C=O) groups excluding carboxylic acids is 8. The number of carbonyl (C=O) groups is 8. The van der Waals surface area contributed by atoms with E-state index in [1.165, 1.54) is 30.6 Å². The minimum Gasteiger partial charge on any atom is -0.391 e. The fourth-order valence-corrected chi connectivity index (χ4v) is 7.00. The number of hydrogen-bond donors (Lipinski definition) is 7. The first kappa shape index (κ1) is 41.7. The Morgan fingerprint density at radius 3 is 1.89 bits per heavy atom. The topological polar surface area (TPSA) is 235 Å². The SMILES string of the molecule is CC(C)C[C@@H]1NC(=O)CNC(=O)[C@H](C)NC(=O)[C@@H]2CCCN2C(=O)[C@@H]2CCCN2C(=O)[C@H](Cc2ccccc2)NC(=O)[C@H]([C@@H](C)O)NC(=O)[C@H](C)NC1=O. The highest BCUT2D eigenvalue weighted by atomic mass is 16.3. The van der Waals surface area contributed by atoms with Gasteiger partial charge in [0.05, 0.1) is 12.6 Å². The summed E-state index contributed by atoms with van der Waals surface area (Å²) in [4.78, 5) is 111. The zero-order valence-corrected chi connectivity index (χ0v) is 31.6. The van der Waals surface area contributed by atoms with Crippen molar-refractivity contribution in [3.8, 4) is 0 Å². The molecule has 3 heterocycles. The van der Waals surface area contributed by atoms with Crippen LogP contribution in [0.25, 0.3) is 0 Å². The van der Waals surface area contributed by atoms with Gasteiger partial charge in [0.2, 0.25) is 47.3 Å². The lowest BCUT2D eigenvalue weighted by Crippen LogP contribution is -2.61. The highest BCUT2D eigenvalue weighted by Crippen LogP contribution is 2.26. The van der Waals surface area contributed by atoms with Crippen LogP contribution in [0.15, 0.2) is 30.3 Å². The Hall–Kier alpha value is -5.06. The molecule has 54 heavy (non-hydrogen) atoms. The molecule has 0 radical (unpaired) electrons. The summed E-state index contributed by atoms with van der Waals surface area (Å²) in [7, 11) is 0. The molecule has 8 amide bonds. The number of fused-ring (bicyclic) bond motifs is 2. The van der Waals surface area contributed by atoms with Crippen LogP contribution in [-0.2, 0) is 44.8 Å². The molecule has 0 spiro atoms. The van der Waals surface area contributed by atoms with Crippen molar-refractivity contribution in [1.29, 1.82) is 0 Å². The van der Waals surface area contributed by atoms with Crippen LogP contribution < -0.4 is 31.9 Å². The summed E-state index contributed by atoms with van der Waals surface area (Å²) >= 11 is 0. The van der Waals surface area contributed by atoms with E-state index in [9.17, 15) is 43.5 Å². The molecule has 0 saturated carbocycles. The van der Waals surface area contributed by atoms with Gasteiger partial charge in [0.25, 0.3) is 0 Å². The van der Waals surface area contributed by atoms with Crippen molar-refractivity contribution in [3.63, 3.8) is 0 Å². The summed E-state index contributed by atoms with van der Waals surface area (Å²) in [5.74, 6) is -5.29. The average molecular weight is 755 g/mol. The van der Waals surface area contributed by atoms with Gasteiger partial charge in [-0.1, -0.05) is 44.2 Å². The van der Waals surface area contributed by atoms with Crippen molar-refractivity contribution >= 4 is 47.3 Å². The number of hydrogen-bond acceptors (Lipinski definition) is 9. The minimum atomic E-state index is -1.54. The molecule has 0 bridgehead atoms. The Kier molecular flexibility index (Phi) is 14.5. The smallest absolute Gasteiger partial charge is 0.246 e. The van der Waals surface area contributed by atoms with Crippen LogP contribution in [0.5, 0.6) is 0 Å². The predicted octanol–water partition coefficient (Wildman–Crippen LogP) is -1.77. The van der Waals surface area contributed by atoms with E-state index in [4.69, 9.17) is 0 Å². The molecule has 1 aromatic carbocycles. The van der Waals surface area contributed by atoms with E-state index in [-0.39, 0.29) is 31.8 Å². The first-order chi connectivity index (χ1) is 25.6. The Bertz CT molecular complexity index is 1570. The molecule has 17 heteroatoms. The highest BCUT2D eigenvalue weighted by molar-refractivity contribution is 5.98. The van der Waals surface area contributed by atoms with Crippen LogP contribution >= 0.6 is 0 Å². The maximum absolute atomic E-state index is 14.3. The summed E-state index contributed by atoms with van der Waals surface area (Å²) in [6, 6.07) is 0.977. The summed E-state index contributed by atoms with van der Waals surface area (Å²) in [5, 5.41) is 26.0. The normalized spacial score (nSPS) is 29.2. The van der Waals surface area contributed by atoms with Crippen LogP contribution in [0.3, 0.4) is 0 Å². The van der Waals surface area contributed by atoms with Gasteiger partial charge in [0.15, 0.2) is 0 Å². The molecule has 3 aliphatic heterocycles. The fraction of sp³-hybridized carbons (Fsp3) is 0.622. The third-order valence-corrected chi connectivity index (χ3v) is 9.91. The third kappa shape index (κ3) is 10.8. The average Bonchev–Trinajstić information content (AvgIpc) is 3.82. The number of nitrogens with zero attached hydrogens (tertiary/aromatic N) is 2. The van der Waals surface area contributed by atoms with E-state index in [1.54, 1.807) is 30.3 Å². The standard InChI is InChI=1S/C37H54N8O9/c1-20(2)17-25-33(50)39-22(4)32(49)43-30(23(5)46)35(52)42-26(18-24-11-7-6-8-12-24)36(53)45-16-10-14-28(45)37(54)44-15-9-13-27(44)34(51)40-21(3)31(48)38-19-29(47)41-25/h6-8,11-12,20-23,25-28,30,46H,9-10,13-19H2,1-5H3,(H,38,48)(H,39,50)(H,40,51)(H,41,47)(H,42,52)(H,43,49)/t21-,22-,23+,25-,26-,27-,28-,30-/m0/s1. The molecular weight excluding hydrogens is 700 g/mol. The summed E-state index contributed by atoms with van der Waals surface area (Å²) in [5.41, 5.74) is 0.706. The van der Waals surface area contributed by atoms with Gasteiger partial charge in [0.1, 0.15) is 42.3 Å². The van der Waals surface area contributed by atoms with Gasteiger partial charge in [-0.05, 0) is 64.4 Å². The van der Waals surface area contributed by atoms with Crippen molar-refractivity contribution in [3.05, 3.63) is 35.9 Å². The third-order valence-electron chi connectivity index (χ3n) is 9.91. The van der Waals surface area contributed by atoms with Crippen LogP contribution in [0, 0.1) is 5.92 Å². The summed E-state index contributed by atoms with van der Waals surface area (Å²) in [6.45, 7) is 7.75. The largest absolute Gasteiger partial charge is 0.391 e. The first-order valence-electron chi connectivity index (χ1n) is 18.7. The lowest BCUT2D eigenvalue weighted by Gasteiger charge is -2.33. The second-order valence-corrected chi connectivity index (χ2v) is 14.8. The van der Waals surface area contributed by atoms with Crippen molar-refractivity contribution in [2.45, 2.75) is 122 Å². The van der Waals surface area contributed by atoms with Crippen molar-refractivity contribution < 1.29 is 43.5 Å². The molecule has 17 nitrogen and oxygen atoms in total. The van der Waals surface area contributed by atoms with Crippen molar-refractivity contribution in [2.24, 2.45) is 5.92 Å². The number of aliphatic hydroxyl groups is 1. The monoisotopic (exact) mass is 754 g/mol. The number of benzene rings is 1. The Morgan fingerprint density at radius 2 is 1.26 bits per heavy atom. The van der Waals surface area contributed by atoms with Crippen LogP contribution in [-0.4, -0.2) is 130 Å². The number of amides is 8. The number of rotatable bonds is 5. The van der Waals surface area contributed by atoms with Crippen LogP contribution in [0.1, 0.15) is 72.3 Å². The number of aliphatic hydroxyl groups excluding tert-OH is 1. The second-order valence-electron chi connectivity index (χ2n) is 14.8. The van der Waals surface area contributed by atoms with Crippen LogP contribution in [0.4, 0.5) is 0 Å². The summed E-state index contributed by atoms with van der Waals surface area (Å²) < 4.78 is 0. The fourth-order valence-electron chi connectivity index (χ4n) is 7.00. The van der Waals surface area contributed by atoms with E-state index in [1.807, 2.05) is 13.8 Å². The molecule has 3 fully saturated rings. The molecule has 0 aromatic heterocycles. The molecule has 3 aliphatic rings. The second kappa shape index (κ2) is 18.8. The van der Waals surface area contributed by atoms with E-state index in [0.29, 0.717) is 31.2 Å². The quantitative estimate of drug-likeness (QED) is 0.180. The molecular formula is C37H54N8O9. The van der Waals surface area contributed by atoms with Gasteiger partial charge >= 0.3 is 0 Å². The molecule has 4 rings (SSSR count). The number of nitrogens with one attached hydrogen (secondary N) is 6. The van der Waals surface area contributed by atoms with Crippen LogP contribution in [0.2, 0.25) is 0 Å². The maximum Gasteiger partial charge on any atom is 0.246 e. The lowest BCUT2D eigenvalue weighted by molar-refractivity contribution is -0.148. The van der Waals surface area contributed by atoms with Gasteiger partial charge in [-0.3, -0.25) is 38.4 Å². The summed E-state index contributed by atoms with van der Waals surface area (Å²) in [6.07, 6.45) is 0.492. The van der Waals surface area contributed by atoms with Gasteiger partial charge < -0.3 is 46.8 Å². The van der Waals surface area contributed by atoms with E-state index >= 15 is 0 Å². The van der Waals surface area contributed by atoms with E-state index < -0.39 is 102 Å². The molecule has 8 atom stereocenters. The molecule has 0 aliphatic carbocycles. The van der Waals surface area contributed by atoms with E-state index in [0.717, 1.165) is 0 Å². The maximum atomic E-state index is 14.3. The Balaban J connectivity index is 1.67. The molecule has 0 unspecified atom stereocenters. The first-order valence-corrected chi connectivity index (χ1v) is 18.7. The Morgan fingerprint density at radius 1 is 0.667 bits per heavy atom. The highest BCUT2D eigenvalue weighted by Gasteiger charge is 2.44. The zero-order valence-electron chi connectivity index (χ0n) is 31.6. The van der Waals surface area contributed by atoms with Gasteiger partial charge in [-0.15, -0.1) is 0 Å². The zero-order chi connectivity index (χ0) is 39.7. The minimum absolute atomic E-state index is 0.0351. The van der Waals surface area contributed by atoms with E-state index in [2.05, 4.69) is 31.9 Å². The molecule has 7 N–H and O–H groups in total. The van der Waals surface area contributed by atoms with Crippen molar-refractivity contribution in [2.75, 3.05) is 19.6 Å². The van der Waals surface area contributed by atoms with Crippen molar-refractivity contribution in [1.82, 2.24) is 41.7 Å². The Labute approximate surface area is 315 Å². The molecule has 1 aromatic rings. The lowest BCUT2D eigenvalue weighted by atomic mass is 10.0. The van der Waals surface area contributed by atoms with Gasteiger partial charge in [0, 0.05) is 19.5 Å². The molecule has 3 saturated heterocycles. The van der Waals surface area contributed by atoms with Gasteiger partial charge in [-0.25, -0.2) is 0 Å². The molecule has 296 valence electrons. The predicted molar refractivity (Wildman–Crippen MR) is 195 cm³/mol. The van der Waals surface area contributed by atoms with Gasteiger partial charge in [-0.2, -0.15) is 0 Å².